The largest absolute Gasteiger partial charge is 0.450 e. The fourth-order valence-corrected chi connectivity index (χ4v) is 3.43. The van der Waals surface area contributed by atoms with Gasteiger partial charge in [-0.1, -0.05) is 18.2 Å². The van der Waals surface area contributed by atoms with Gasteiger partial charge in [0.25, 0.3) is 0 Å². The predicted molar refractivity (Wildman–Crippen MR) is 106 cm³/mol. The van der Waals surface area contributed by atoms with Crippen LogP contribution in [0.15, 0.2) is 60.9 Å². The molecule has 1 aromatic heterocycles. The zero-order valence-electron chi connectivity index (χ0n) is 15.4. The van der Waals surface area contributed by atoms with Gasteiger partial charge < -0.3 is 10.1 Å². The zero-order valence-corrected chi connectivity index (χ0v) is 15.4. The van der Waals surface area contributed by atoms with E-state index in [9.17, 15) is 9.59 Å². The van der Waals surface area contributed by atoms with Crippen LogP contribution in [0.25, 0.3) is 5.69 Å². The molecule has 1 unspecified atom stereocenters. The summed E-state index contributed by atoms with van der Waals surface area (Å²) in [6.45, 7) is 2.04. The molecule has 2 amide bonds. The summed E-state index contributed by atoms with van der Waals surface area (Å²) in [5, 5.41) is 9.84. The number of carbonyl (C=O) groups is 2. The first-order valence-corrected chi connectivity index (χ1v) is 9.11. The van der Waals surface area contributed by atoms with Crippen LogP contribution in [0, 0.1) is 0 Å². The van der Waals surface area contributed by atoms with Gasteiger partial charge in [0.1, 0.15) is 0 Å². The molecule has 0 radical (unpaired) electrons. The number of anilines is 2. The molecule has 1 atom stereocenters. The summed E-state index contributed by atoms with van der Waals surface area (Å²) in [6.07, 6.45) is 3.45. The van der Waals surface area contributed by atoms with Crippen LogP contribution in [0.4, 0.5) is 16.2 Å². The van der Waals surface area contributed by atoms with Gasteiger partial charge >= 0.3 is 6.09 Å². The number of hydrogen-bond donors (Lipinski definition) is 2. The highest BCUT2D eigenvalue weighted by atomic mass is 16.5. The lowest BCUT2D eigenvalue weighted by atomic mass is 9.84. The number of rotatable bonds is 4. The number of fused-ring (bicyclic) bond motifs is 1. The molecule has 2 aromatic carbocycles. The average Bonchev–Trinajstić information content (AvgIpc) is 3.22. The van der Waals surface area contributed by atoms with Gasteiger partial charge in [0.2, 0.25) is 5.91 Å². The minimum atomic E-state index is -0.520. The Kier molecular flexibility index (Phi) is 4.80. The first-order valence-electron chi connectivity index (χ1n) is 9.11. The lowest BCUT2D eigenvalue weighted by molar-refractivity contribution is -0.116. The molecular weight excluding hydrogens is 356 g/mol. The van der Waals surface area contributed by atoms with Gasteiger partial charge in [-0.25, -0.2) is 9.48 Å². The Labute approximate surface area is 162 Å². The highest BCUT2D eigenvalue weighted by Gasteiger charge is 2.27. The van der Waals surface area contributed by atoms with Crippen LogP contribution in [0.1, 0.15) is 30.4 Å². The van der Waals surface area contributed by atoms with Crippen molar-refractivity contribution >= 4 is 23.4 Å². The van der Waals surface area contributed by atoms with Crippen molar-refractivity contribution in [2.45, 2.75) is 19.3 Å². The second-order valence-electron chi connectivity index (χ2n) is 6.50. The summed E-state index contributed by atoms with van der Waals surface area (Å²) >= 11 is 0. The predicted octanol–water partition coefficient (Wildman–Crippen LogP) is 3.91. The van der Waals surface area contributed by atoms with E-state index in [4.69, 9.17) is 4.74 Å². The lowest BCUT2D eigenvalue weighted by Gasteiger charge is -2.27. The van der Waals surface area contributed by atoms with Crippen molar-refractivity contribution in [3.8, 4) is 5.69 Å². The normalized spacial score (nSPS) is 15.5. The number of benzene rings is 2. The van der Waals surface area contributed by atoms with Crippen molar-refractivity contribution < 1.29 is 14.3 Å². The molecule has 0 saturated heterocycles. The van der Waals surface area contributed by atoms with Crippen LogP contribution in [0.3, 0.4) is 0 Å². The van der Waals surface area contributed by atoms with Crippen molar-refractivity contribution in [1.82, 2.24) is 9.78 Å². The maximum absolute atomic E-state index is 12.3. The SMILES string of the molecule is CCOC(=O)Nc1ccc2c(c1)NC(=O)CC2c1cccc(-n2cccn2)c1. The van der Waals surface area contributed by atoms with Crippen LogP contribution in [-0.2, 0) is 9.53 Å². The molecule has 0 aliphatic carbocycles. The first kappa shape index (κ1) is 17.8. The highest BCUT2D eigenvalue weighted by molar-refractivity contribution is 5.97. The molecular formula is C21H20N4O3. The minimum Gasteiger partial charge on any atom is -0.450 e. The molecule has 0 saturated carbocycles. The molecule has 2 N–H and O–H groups in total. The lowest BCUT2D eigenvalue weighted by Crippen LogP contribution is -2.24. The number of nitrogens with zero attached hydrogens (tertiary/aromatic N) is 2. The van der Waals surface area contributed by atoms with Crippen molar-refractivity contribution in [3.05, 3.63) is 72.1 Å². The monoisotopic (exact) mass is 376 g/mol. The molecule has 7 heteroatoms. The molecule has 7 nitrogen and oxygen atoms in total. The summed E-state index contributed by atoms with van der Waals surface area (Å²) in [7, 11) is 0. The maximum Gasteiger partial charge on any atom is 0.411 e. The van der Waals surface area contributed by atoms with E-state index in [2.05, 4.69) is 15.7 Å². The standard InChI is InChI=1S/C21H20N4O3/c1-2-28-21(27)23-15-7-8-17-18(13-20(26)24-19(17)12-15)14-5-3-6-16(11-14)25-10-4-9-22-25/h3-12,18H,2,13H2,1H3,(H,23,27)(H,24,26). The van der Waals surface area contributed by atoms with E-state index in [0.717, 1.165) is 16.8 Å². The molecule has 1 aliphatic rings. The smallest absolute Gasteiger partial charge is 0.411 e. The quantitative estimate of drug-likeness (QED) is 0.723. The van der Waals surface area contributed by atoms with Crippen molar-refractivity contribution in [3.63, 3.8) is 0 Å². The molecule has 2 heterocycles. The summed E-state index contributed by atoms with van der Waals surface area (Å²) in [6, 6.07) is 15.4. The van der Waals surface area contributed by atoms with Gasteiger partial charge in [0, 0.05) is 36.1 Å². The van der Waals surface area contributed by atoms with E-state index in [-0.39, 0.29) is 11.8 Å². The number of amides is 2. The number of carbonyl (C=O) groups excluding carboxylic acids is 2. The fraction of sp³-hybridized carbons (Fsp3) is 0.190. The number of nitrogens with one attached hydrogen (secondary N) is 2. The van der Waals surface area contributed by atoms with Gasteiger partial charge in [-0.3, -0.25) is 10.1 Å². The van der Waals surface area contributed by atoms with E-state index < -0.39 is 6.09 Å². The minimum absolute atomic E-state index is 0.0599. The third-order valence-electron chi connectivity index (χ3n) is 4.66. The molecule has 4 rings (SSSR count). The van der Waals surface area contributed by atoms with Gasteiger partial charge in [-0.15, -0.1) is 0 Å². The topological polar surface area (TPSA) is 85.3 Å². The Hall–Kier alpha value is -3.61. The second-order valence-corrected chi connectivity index (χ2v) is 6.50. The van der Waals surface area contributed by atoms with E-state index in [1.54, 1.807) is 23.9 Å². The summed E-state index contributed by atoms with van der Waals surface area (Å²) < 4.78 is 6.70. The Morgan fingerprint density at radius 1 is 1.29 bits per heavy atom. The number of aromatic nitrogens is 2. The van der Waals surface area contributed by atoms with Crippen LogP contribution in [0.5, 0.6) is 0 Å². The number of ether oxygens (including phenoxy) is 1. The number of hydrogen-bond acceptors (Lipinski definition) is 4. The third kappa shape index (κ3) is 3.59. The van der Waals surface area contributed by atoms with Crippen molar-refractivity contribution in [2.24, 2.45) is 0 Å². The second kappa shape index (κ2) is 7.56. The first-order chi connectivity index (χ1) is 13.6. The van der Waals surface area contributed by atoms with Crippen LogP contribution < -0.4 is 10.6 Å². The highest BCUT2D eigenvalue weighted by Crippen LogP contribution is 2.38. The molecule has 0 spiro atoms. The summed E-state index contributed by atoms with van der Waals surface area (Å²) in [4.78, 5) is 24.0. The molecule has 0 bridgehead atoms. The Morgan fingerprint density at radius 3 is 2.96 bits per heavy atom. The van der Waals surface area contributed by atoms with Crippen LogP contribution in [0.2, 0.25) is 0 Å². The van der Waals surface area contributed by atoms with Gasteiger partial charge in [0.05, 0.1) is 12.3 Å². The van der Waals surface area contributed by atoms with E-state index in [0.29, 0.717) is 24.4 Å². The summed E-state index contributed by atoms with van der Waals surface area (Å²) in [5.74, 6) is -0.133. The fourth-order valence-electron chi connectivity index (χ4n) is 3.43. The van der Waals surface area contributed by atoms with Gasteiger partial charge in [0.15, 0.2) is 0 Å². The Morgan fingerprint density at radius 2 is 2.18 bits per heavy atom. The van der Waals surface area contributed by atoms with Gasteiger partial charge in [-0.05, 0) is 48.4 Å². The Balaban J connectivity index is 1.66. The Bertz CT molecular complexity index is 1010. The van der Waals surface area contributed by atoms with E-state index >= 15 is 0 Å². The van der Waals surface area contributed by atoms with E-state index in [1.807, 2.05) is 48.7 Å². The van der Waals surface area contributed by atoms with Gasteiger partial charge in [-0.2, -0.15) is 5.10 Å². The van der Waals surface area contributed by atoms with Crippen LogP contribution in [-0.4, -0.2) is 28.4 Å². The van der Waals surface area contributed by atoms with Crippen molar-refractivity contribution in [2.75, 3.05) is 17.2 Å². The molecule has 142 valence electrons. The van der Waals surface area contributed by atoms with E-state index in [1.165, 1.54) is 0 Å². The van der Waals surface area contributed by atoms with Crippen LogP contribution >= 0.6 is 0 Å². The molecule has 0 fully saturated rings. The molecule has 1 aliphatic heterocycles. The third-order valence-corrected chi connectivity index (χ3v) is 4.66. The molecule has 28 heavy (non-hydrogen) atoms. The summed E-state index contributed by atoms with van der Waals surface area (Å²) in [5.41, 5.74) is 4.25. The molecule has 3 aromatic rings. The average molecular weight is 376 g/mol. The maximum atomic E-state index is 12.3. The zero-order chi connectivity index (χ0) is 19.5. The van der Waals surface area contributed by atoms with Crippen molar-refractivity contribution in [1.29, 1.82) is 0 Å².